The zero-order chi connectivity index (χ0) is 20.8. The SMILES string of the molecule is CC(C)(C)c1ncc(NC(=O)c2cnn(-c3ccc(Cl)cc3Cl)c2C2CC2)cn1. The highest BCUT2D eigenvalue weighted by molar-refractivity contribution is 6.35. The lowest BCUT2D eigenvalue weighted by Crippen LogP contribution is -2.18. The molecule has 0 spiro atoms. The van der Waals surface area contributed by atoms with Gasteiger partial charge in [-0.05, 0) is 31.0 Å². The van der Waals surface area contributed by atoms with Gasteiger partial charge in [-0.3, -0.25) is 4.79 Å². The first-order valence-electron chi connectivity index (χ1n) is 9.41. The Morgan fingerprint density at radius 3 is 2.41 bits per heavy atom. The minimum atomic E-state index is -0.240. The number of carbonyl (C=O) groups is 1. The van der Waals surface area contributed by atoms with Crippen LogP contribution in [0, 0.1) is 0 Å². The lowest BCUT2D eigenvalue weighted by Gasteiger charge is -2.16. The molecule has 0 unspecified atom stereocenters. The molecule has 3 aromatic rings. The van der Waals surface area contributed by atoms with Gasteiger partial charge in [0.05, 0.1) is 46.2 Å². The summed E-state index contributed by atoms with van der Waals surface area (Å²) in [6.07, 6.45) is 6.87. The molecule has 4 rings (SSSR count). The van der Waals surface area contributed by atoms with Crippen LogP contribution >= 0.6 is 23.2 Å². The van der Waals surface area contributed by atoms with Gasteiger partial charge in [-0.1, -0.05) is 44.0 Å². The molecule has 1 aliphatic carbocycles. The topological polar surface area (TPSA) is 72.7 Å². The Morgan fingerprint density at radius 1 is 1.14 bits per heavy atom. The molecule has 1 amide bonds. The Balaban J connectivity index is 1.63. The van der Waals surface area contributed by atoms with Gasteiger partial charge in [0.1, 0.15) is 5.82 Å². The first-order chi connectivity index (χ1) is 13.7. The summed E-state index contributed by atoms with van der Waals surface area (Å²) in [4.78, 5) is 21.7. The third-order valence-corrected chi connectivity index (χ3v) is 5.27. The van der Waals surface area contributed by atoms with Gasteiger partial charge in [-0.25, -0.2) is 14.6 Å². The van der Waals surface area contributed by atoms with Gasteiger partial charge in [0.2, 0.25) is 0 Å². The van der Waals surface area contributed by atoms with E-state index in [2.05, 4.69) is 20.4 Å². The van der Waals surface area contributed by atoms with E-state index in [4.69, 9.17) is 23.2 Å². The Morgan fingerprint density at radius 2 is 1.83 bits per heavy atom. The number of hydrogen-bond donors (Lipinski definition) is 1. The zero-order valence-corrected chi connectivity index (χ0v) is 17.9. The Hall–Kier alpha value is -2.44. The van der Waals surface area contributed by atoms with E-state index in [1.165, 1.54) is 0 Å². The monoisotopic (exact) mass is 429 g/mol. The van der Waals surface area contributed by atoms with Crippen molar-refractivity contribution in [3.63, 3.8) is 0 Å². The minimum absolute atomic E-state index is 0.152. The highest BCUT2D eigenvalue weighted by Gasteiger charge is 2.33. The Labute approximate surface area is 179 Å². The van der Waals surface area contributed by atoms with Gasteiger partial charge >= 0.3 is 0 Å². The molecule has 0 radical (unpaired) electrons. The first kappa shape index (κ1) is 19.9. The quantitative estimate of drug-likeness (QED) is 0.602. The van der Waals surface area contributed by atoms with Crippen LogP contribution in [0.25, 0.3) is 5.69 Å². The van der Waals surface area contributed by atoms with Crippen LogP contribution in [0.2, 0.25) is 10.0 Å². The van der Waals surface area contributed by atoms with E-state index < -0.39 is 0 Å². The average Bonchev–Trinajstić information content (AvgIpc) is 3.40. The van der Waals surface area contributed by atoms with Gasteiger partial charge in [-0.2, -0.15) is 5.10 Å². The first-order valence-corrected chi connectivity index (χ1v) is 10.2. The smallest absolute Gasteiger partial charge is 0.259 e. The van der Waals surface area contributed by atoms with Crippen molar-refractivity contribution >= 4 is 34.8 Å². The summed E-state index contributed by atoms with van der Waals surface area (Å²) in [5.74, 6) is 0.763. The maximum Gasteiger partial charge on any atom is 0.259 e. The molecule has 1 saturated carbocycles. The number of carbonyl (C=O) groups excluding carboxylic acids is 1. The maximum absolute atomic E-state index is 13.0. The third-order valence-electron chi connectivity index (χ3n) is 4.73. The predicted molar refractivity (Wildman–Crippen MR) is 114 cm³/mol. The van der Waals surface area contributed by atoms with Crippen LogP contribution in [0.15, 0.2) is 36.8 Å². The Kier molecular flexibility index (Phi) is 5.09. The van der Waals surface area contributed by atoms with Crippen LogP contribution in [-0.2, 0) is 5.41 Å². The summed E-state index contributed by atoms with van der Waals surface area (Å²) in [7, 11) is 0. The highest BCUT2D eigenvalue weighted by atomic mass is 35.5. The molecule has 2 aromatic heterocycles. The second-order valence-electron chi connectivity index (χ2n) is 8.22. The van der Waals surface area contributed by atoms with E-state index in [0.29, 0.717) is 27.0 Å². The summed E-state index contributed by atoms with van der Waals surface area (Å²) in [6.45, 7) is 6.12. The molecule has 1 fully saturated rings. The molecular formula is C21H21Cl2N5O. The molecule has 2 heterocycles. The molecule has 0 bridgehead atoms. The lowest BCUT2D eigenvalue weighted by atomic mass is 9.96. The molecule has 6 nitrogen and oxygen atoms in total. The number of halogens is 2. The number of benzene rings is 1. The van der Waals surface area contributed by atoms with Gasteiger partial charge < -0.3 is 5.32 Å². The van der Waals surface area contributed by atoms with E-state index in [0.717, 1.165) is 24.4 Å². The van der Waals surface area contributed by atoms with Gasteiger partial charge in [-0.15, -0.1) is 0 Å². The zero-order valence-electron chi connectivity index (χ0n) is 16.4. The molecule has 1 aromatic carbocycles. The van der Waals surface area contributed by atoms with Crippen LogP contribution in [0.3, 0.4) is 0 Å². The molecule has 1 aliphatic rings. The van der Waals surface area contributed by atoms with Crippen LogP contribution in [0.5, 0.6) is 0 Å². The number of rotatable bonds is 4. The summed E-state index contributed by atoms with van der Waals surface area (Å²) in [5, 5.41) is 8.36. The van der Waals surface area contributed by atoms with Crippen LogP contribution in [0.4, 0.5) is 5.69 Å². The minimum Gasteiger partial charge on any atom is -0.319 e. The van der Waals surface area contributed by atoms with E-state index >= 15 is 0 Å². The van der Waals surface area contributed by atoms with Crippen molar-refractivity contribution < 1.29 is 4.79 Å². The summed E-state index contributed by atoms with van der Waals surface area (Å²) in [5.41, 5.74) is 2.48. The molecule has 29 heavy (non-hydrogen) atoms. The fraction of sp³-hybridized carbons (Fsp3) is 0.333. The normalized spacial score (nSPS) is 14.1. The van der Waals surface area contributed by atoms with Crippen molar-refractivity contribution in [3.05, 3.63) is 63.9 Å². The molecule has 150 valence electrons. The van der Waals surface area contributed by atoms with Crippen LogP contribution in [0.1, 0.15) is 61.4 Å². The molecule has 0 aliphatic heterocycles. The van der Waals surface area contributed by atoms with Crippen molar-refractivity contribution in [1.29, 1.82) is 0 Å². The molecule has 0 atom stereocenters. The lowest BCUT2D eigenvalue weighted by molar-refractivity contribution is 0.102. The molecule has 1 N–H and O–H groups in total. The van der Waals surface area contributed by atoms with Crippen LogP contribution in [-0.4, -0.2) is 25.7 Å². The van der Waals surface area contributed by atoms with Crippen molar-refractivity contribution in [2.45, 2.75) is 44.9 Å². The standard InChI is InChI=1S/C21H21Cl2N5O/c1-21(2,3)20-24-9-14(10-25-20)27-19(29)15-11-26-28(18(15)12-4-5-12)17-7-6-13(22)8-16(17)23/h6-12H,4-5H2,1-3H3,(H,27,29). The number of nitrogens with zero attached hydrogens (tertiary/aromatic N) is 4. The fourth-order valence-corrected chi connectivity index (χ4v) is 3.59. The Bertz CT molecular complexity index is 1070. The summed E-state index contributed by atoms with van der Waals surface area (Å²) < 4.78 is 1.74. The number of amides is 1. The highest BCUT2D eigenvalue weighted by Crippen LogP contribution is 2.43. The van der Waals surface area contributed by atoms with E-state index in [-0.39, 0.29) is 17.2 Å². The van der Waals surface area contributed by atoms with Gasteiger partial charge in [0.15, 0.2) is 0 Å². The van der Waals surface area contributed by atoms with Gasteiger partial charge in [0.25, 0.3) is 5.91 Å². The van der Waals surface area contributed by atoms with E-state index in [9.17, 15) is 4.79 Å². The van der Waals surface area contributed by atoms with E-state index in [1.54, 1.807) is 35.4 Å². The van der Waals surface area contributed by atoms with Crippen LogP contribution < -0.4 is 5.32 Å². The maximum atomic E-state index is 13.0. The fourth-order valence-electron chi connectivity index (χ4n) is 3.11. The predicted octanol–water partition coefficient (Wildman–Crippen LogP) is 5.40. The van der Waals surface area contributed by atoms with Crippen molar-refractivity contribution in [2.24, 2.45) is 0 Å². The molecule has 0 saturated heterocycles. The number of anilines is 1. The van der Waals surface area contributed by atoms with Crippen molar-refractivity contribution in [2.75, 3.05) is 5.32 Å². The average molecular weight is 430 g/mol. The number of hydrogen-bond acceptors (Lipinski definition) is 4. The second kappa shape index (κ2) is 7.43. The third kappa shape index (κ3) is 4.14. The molecular weight excluding hydrogens is 409 g/mol. The number of nitrogens with one attached hydrogen (secondary N) is 1. The second-order valence-corrected chi connectivity index (χ2v) is 9.07. The largest absolute Gasteiger partial charge is 0.319 e. The van der Waals surface area contributed by atoms with E-state index in [1.807, 2.05) is 26.8 Å². The molecule has 8 heteroatoms. The summed E-state index contributed by atoms with van der Waals surface area (Å²) in [6, 6.07) is 5.24. The van der Waals surface area contributed by atoms with Crippen molar-refractivity contribution in [1.82, 2.24) is 19.7 Å². The van der Waals surface area contributed by atoms with Crippen molar-refractivity contribution in [3.8, 4) is 5.69 Å². The van der Waals surface area contributed by atoms with Gasteiger partial charge in [0, 0.05) is 16.4 Å². The number of aromatic nitrogens is 4. The summed E-state index contributed by atoms with van der Waals surface area (Å²) >= 11 is 12.4.